The summed E-state index contributed by atoms with van der Waals surface area (Å²) in [6, 6.07) is 4.75. The molecule has 0 spiro atoms. The van der Waals surface area contributed by atoms with Crippen molar-refractivity contribution in [2.24, 2.45) is 5.73 Å². The van der Waals surface area contributed by atoms with Crippen molar-refractivity contribution in [3.63, 3.8) is 0 Å². The van der Waals surface area contributed by atoms with Crippen molar-refractivity contribution >= 4 is 11.3 Å². The predicted molar refractivity (Wildman–Crippen MR) is 52.4 cm³/mol. The standard InChI is InChI=1S/C9H14N2S/c10-8-6-11(7-8)4-3-9-2-1-5-12-9/h1-2,5,8H,3-4,6-7,10H2. The van der Waals surface area contributed by atoms with Crippen LogP contribution in [0, 0.1) is 0 Å². The molecular formula is C9H14N2S. The zero-order chi connectivity index (χ0) is 8.39. The van der Waals surface area contributed by atoms with Gasteiger partial charge in [0.2, 0.25) is 0 Å². The van der Waals surface area contributed by atoms with E-state index >= 15 is 0 Å². The molecule has 0 saturated carbocycles. The predicted octanol–water partition coefficient (Wildman–Crippen LogP) is 0.933. The summed E-state index contributed by atoms with van der Waals surface area (Å²) < 4.78 is 0. The molecule has 0 aliphatic carbocycles. The van der Waals surface area contributed by atoms with Crippen LogP contribution in [-0.2, 0) is 6.42 Å². The molecule has 1 fully saturated rings. The summed E-state index contributed by atoms with van der Waals surface area (Å²) in [4.78, 5) is 3.89. The van der Waals surface area contributed by atoms with E-state index in [0.29, 0.717) is 6.04 Å². The lowest BCUT2D eigenvalue weighted by Crippen LogP contribution is -2.55. The molecule has 1 aromatic rings. The number of nitrogens with two attached hydrogens (primary N) is 1. The van der Waals surface area contributed by atoms with Crippen molar-refractivity contribution in [3.05, 3.63) is 22.4 Å². The van der Waals surface area contributed by atoms with Gasteiger partial charge in [-0.1, -0.05) is 6.07 Å². The Hall–Kier alpha value is -0.380. The minimum atomic E-state index is 0.438. The number of hydrogen-bond donors (Lipinski definition) is 1. The fraction of sp³-hybridized carbons (Fsp3) is 0.556. The molecule has 1 saturated heterocycles. The van der Waals surface area contributed by atoms with Gasteiger partial charge in [0, 0.05) is 30.6 Å². The highest BCUT2D eigenvalue weighted by atomic mass is 32.1. The van der Waals surface area contributed by atoms with E-state index in [2.05, 4.69) is 22.4 Å². The average molecular weight is 182 g/mol. The Labute approximate surface area is 77.0 Å². The summed E-state index contributed by atoms with van der Waals surface area (Å²) in [5.41, 5.74) is 5.68. The monoisotopic (exact) mass is 182 g/mol. The lowest BCUT2D eigenvalue weighted by molar-refractivity contribution is 0.153. The maximum Gasteiger partial charge on any atom is 0.0297 e. The highest BCUT2D eigenvalue weighted by Gasteiger charge is 2.21. The first-order chi connectivity index (χ1) is 5.84. The second-order valence-electron chi connectivity index (χ2n) is 3.35. The van der Waals surface area contributed by atoms with Gasteiger partial charge in [0.15, 0.2) is 0 Å². The van der Waals surface area contributed by atoms with Crippen LogP contribution in [0.4, 0.5) is 0 Å². The molecule has 0 amide bonds. The van der Waals surface area contributed by atoms with Crippen molar-refractivity contribution in [1.82, 2.24) is 4.90 Å². The smallest absolute Gasteiger partial charge is 0.0297 e. The number of rotatable bonds is 3. The number of hydrogen-bond acceptors (Lipinski definition) is 3. The van der Waals surface area contributed by atoms with Crippen LogP contribution in [0.3, 0.4) is 0 Å². The van der Waals surface area contributed by atoms with Crippen molar-refractivity contribution in [2.45, 2.75) is 12.5 Å². The molecule has 0 aromatic carbocycles. The van der Waals surface area contributed by atoms with Gasteiger partial charge < -0.3 is 5.73 Å². The van der Waals surface area contributed by atoms with E-state index in [4.69, 9.17) is 5.73 Å². The van der Waals surface area contributed by atoms with Crippen LogP contribution >= 0.6 is 11.3 Å². The molecule has 1 aliphatic heterocycles. The molecule has 0 atom stereocenters. The van der Waals surface area contributed by atoms with Gasteiger partial charge in [0.1, 0.15) is 0 Å². The third-order valence-electron chi connectivity index (χ3n) is 2.24. The third-order valence-corrected chi connectivity index (χ3v) is 3.18. The summed E-state index contributed by atoms with van der Waals surface area (Å²) in [5.74, 6) is 0. The summed E-state index contributed by atoms with van der Waals surface area (Å²) in [5, 5.41) is 2.14. The molecule has 1 aliphatic rings. The van der Waals surface area contributed by atoms with Crippen LogP contribution in [0.5, 0.6) is 0 Å². The van der Waals surface area contributed by atoms with E-state index in [1.165, 1.54) is 17.8 Å². The van der Waals surface area contributed by atoms with E-state index in [-0.39, 0.29) is 0 Å². The SMILES string of the molecule is NC1CN(CCc2cccs2)C1. The Morgan fingerprint density at radius 3 is 3.00 bits per heavy atom. The highest BCUT2D eigenvalue weighted by Crippen LogP contribution is 2.12. The number of likely N-dealkylation sites (tertiary alicyclic amines) is 1. The summed E-state index contributed by atoms with van der Waals surface area (Å²) in [6.45, 7) is 3.35. The minimum absolute atomic E-state index is 0.438. The van der Waals surface area contributed by atoms with Gasteiger partial charge in [-0.3, -0.25) is 4.90 Å². The van der Waals surface area contributed by atoms with Gasteiger partial charge in [-0.15, -0.1) is 11.3 Å². The van der Waals surface area contributed by atoms with Crippen molar-refractivity contribution < 1.29 is 0 Å². The van der Waals surface area contributed by atoms with Crippen molar-refractivity contribution in [3.8, 4) is 0 Å². The maximum absolute atomic E-state index is 5.68. The Bertz CT molecular complexity index is 227. The fourth-order valence-corrected chi connectivity index (χ4v) is 2.21. The van der Waals surface area contributed by atoms with Crippen LogP contribution in [0.15, 0.2) is 17.5 Å². The Kier molecular flexibility index (Phi) is 2.44. The minimum Gasteiger partial charge on any atom is -0.325 e. The van der Waals surface area contributed by atoms with Crippen molar-refractivity contribution in [1.29, 1.82) is 0 Å². The van der Waals surface area contributed by atoms with Gasteiger partial charge in [0.25, 0.3) is 0 Å². The molecule has 0 unspecified atom stereocenters. The van der Waals surface area contributed by atoms with E-state index in [1.54, 1.807) is 0 Å². The van der Waals surface area contributed by atoms with E-state index in [0.717, 1.165) is 13.1 Å². The second-order valence-corrected chi connectivity index (χ2v) is 4.38. The molecule has 2 heterocycles. The zero-order valence-corrected chi connectivity index (χ0v) is 7.89. The molecular weight excluding hydrogens is 168 g/mol. The quantitative estimate of drug-likeness (QED) is 0.753. The van der Waals surface area contributed by atoms with E-state index in [9.17, 15) is 0 Å². The summed E-state index contributed by atoms with van der Waals surface area (Å²) in [7, 11) is 0. The van der Waals surface area contributed by atoms with Crippen LogP contribution in [0.1, 0.15) is 4.88 Å². The Morgan fingerprint density at radius 1 is 1.58 bits per heavy atom. The second kappa shape index (κ2) is 3.56. The summed E-state index contributed by atoms with van der Waals surface area (Å²) in [6.07, 6.45) is 1.18. The van der Waals surface area contributed by atoms with Crippen molar-refractivity contribution in [2.75, 3.05) is 19.6 Å². The lowest BCUT2D eigenvalue weighted by atomic mass is 10.1. The highest BCUT2D eigenvalue weighted by molar-refractivity contribution is 7.09. The van der Waals surface area contributed by atoms with Gasteiger partial charge >= 0.3 is 0 Å². The molecule has 0 bridgehead atoms. The maximum atomic E-state index is 5.68. The first-order valence-corrected chi connectivity index (χ1v) is 5.23. The van der Waals surface area contributed by atoms with E-state index in [1.807, 2.05) is 11.3 Å². The first kappa shape index (κ1) is 8.23. The third kappa shape index (κ3) is 1.86. The van der Waals surface area contributed by atoms with Crippen LogP contribution in [0.25, 0.3) is 0 Å². The molecule has 2 N–H and O–H groups in total. The molecule has 2 rings (SSSR count). The fourth-order valence-electron chi connectivity index (χ4n) is 1.52. The van der Waals surface area contributed by atoms with Gasteiger partial charge in [0.05, 0.1) is 0 Å². The molecule has 3 heteroatoms. The Balaban J connectivity index is 1.70. The molecule has 1 aromatic heterocycles. The topological polar surface area (TPSA) is 29.3 Å². The zero-order valence-electron chi connectivity index (χ0n) is 7.07. The Morgan fingerprint density at radius 2 is 2.42 bits per heavy atom. The van der Waals surface area contributed by atoms with Gasteiger partial charge in [-0.05, 0) is 17.9 Å². The number of thiophene rings is 1. The van der Waals surface area contributed by atoms with Crippen LogP contribution in [0.2, 0.25) is 0 Å². The largest absolute Gasteiger partial charge is 0.325 e. The molecule has 12 heavy (non-hydrogen) atoms. The van der Waals surface area contributed by atoms with Crippen LogP contribution < -0.4 is 5.73 Å². The first-order valence-electron chi connectivity index (χ1n) is 4.35. The van der Waals surface area contributed by atoms with Gasteiger partial charge in [-0.25, -0.2) is 0 Å². The normalized spacial score (nSPS) is 19.4. The molecule has 0 radical (unpaired) electrons. The average Bonchev–Trinajstić information content (AvgIpc) is 2.47. The number of nitrogens with zero attached hydrogens (tertiary/aromatic N) is 1. The molecule has 66 valence electrons. The van der Waals surface area contributed by atoms with Gasteiger partial charge in [-0.2, -0.15) is 0 Å². The summed E-state index contributed by atoms with van der Waals surface area (Å²) >= 11 is 1.84. The molecule has 2 nitrogen and oxygen atoms in total. The van der Waals surface area contributed by atoms with Crippen LogP contribution in [-0.4, -0.2) is 30.6 Å². The lowest BCUT2D eigenvalue weighted by Gasteiger charge is -2.36. The van der Waals surface area contributed by atoms with E-state index < -0.39 is 0 Å².